The molecule has 1 aliphatic rings. The van der Waals surface area contributed by atoms with E-state index < -0.39 is 6.04 Å². The van der Waals surface area contributed by atoms with Crippen molar-refractivity contribution in [2.24, 2.45) is 0 Å². The lowest BCUT2D eigenvalue weighted by molar-refractivity contribution is -0.134. The molecule has 2 amide bonds. The van der Waals surface area contributed by atoms with Gasteiger partial charge in [0.2, 0.25) is 5.91 Å². The first-order valence-corrected chi connectivity index (χ1v) is 6.63. The van der Waals surface area contributed by atoms with E-state index in [1.165, 1.54) is 22.1 Å². The molecule has 1 fully saturated rings. The van der Waals surface area contributed by atoms with E-state index >= 15 is 0 Å². The zero-order valence-electron chi connectivity index (χ0n) is 12.0. The number of nitrogens with zero attached hydrogens (tertiary/aromatic N) is 4. The monoisotopic (exact) mass is 287 g/mol. The van der Waals surface area contributed by atoms with Crippen LogP contribution in [0.2, 0.25) is 0 Å². The highest BCUT2D eigenvalue weighted by atomic mass is 16.2. The summed E-state index contributed by atoms with van der Waals surface area (Å²) in [7, 11) is 3.33. The largest absolute Gasteiger partial charge is 0.347 e. The molecule has 0 saturated carbocycles. The molecule has 7 nitrogen and oxygen atoms in total. The van der Waals surface area contributed by atoms with Gasteiger partial charge in [0.1, 0.15) is 17.8 Å². The molecule has 0 radical (unpaired) electrons. The first-order valence-electron chi connectivity index (χ1n) is 6.63. The Bertz CT molecular complexity index is 576. The van der Waals surface area contributed by atoms with E-state index in [4.69, 9.17) is 5.26 Å². The normalized spacial score (nSPS) is 18.0. The van der Waals surface area contributed by atoms with Gasteiger partial charge in [0.15, 0.2) is 0 Å². The number of pyridine rings is 1. The maximum absolute atomic E-state index is 12.5. The molecule has 1 aliphatic heterocycles. The second-order valence-electron chi connectivity index (χ2n) is 5.00. The van der Waals surface area contributed by atoms with Crippen LogP contribution in [0.25, 0.3) is 0 Å². The molecule has 1 aromatic rings. The molecule has 0 spiro atoms. The van der Waals surface area contributed by atoms with Crippen LogP contribution in [-0.4, -0.2) is 66.4 Å². The van der Waals surface area contributed by atoms with Gasteiger partial charge in [-0.1, -0.05) is 0 Å². The van der Waals surface area contributed by atoms with Crippen LogP contribution in [0.5, 0.6) is 0 Å². The standard InChI is InChI=1S/C14H17N5O2/c1-18(2)14(21)12-9-16-5-6-19(12)13(20)11-4-3-10(7-15)8-17-11/h3-4,8,12,16H,5-6,9H2,1-2H3. The van der Waals surface area contributed by atoms with Crippen molar-refractivity contribution in [1.82, 2.24) is 20.1 Å². The number of hydrogen-bond acceptors (Lipinski definition) is 5. The van der Waals surface area contributed by atoms with Gasteiger partial charge in [-0.2, -0.15) is 5.26 Å². The molecule has 1 atom stereocenters. The van der Waals surface area contributed by atoms with Crippen molar-refractivity contribution in [1.29, 1.82) is 5.26 Å². The van der Waals surface area contributed by atoms with Crippen molar-refractivity contribution in [3.63, 3.8) is 0 Å². The lowest BCUT2D eigenvalue weighted by Crippen LogP contribution is -2.59. The molecular weight excluding hydrogens is 270 g/mol. The summed E-state index contributed by atoms with van der Waals surface area (Å²) in [5.41, 5.74) is 0.639. The molecule has 110 valence electrons. The summed E-state index contributed by atoms with van der Waals surface area (Å²) in [4.78, 5) is 31.7. The number of piperazine rings is 1. The number of amides is 2. The number of likely N-dealkylation sites (N-methyl/N-ethyl adjacent to an activating group) is 1. The summed E-state index contributed by atoms with van der Waals surface area (Å²) >= 11 is 0. The molecular formula is C14H17N5O2. The minimum absolute atomic E-state index is 0.121. The lowest BCUT2D eigenvalue weighted by Gasteiger charge is -2.36. The second kappa shape index (κ2) is 6.33. The fraction of sp³-hybridized carbons (Fsp3) is 0.429. The van der Waals surface area contributed by atoms with E-state index in [2.05, 4.69) is 10.3 Å². The maximum atomic E-state index is 12.5. The molecule has 21 heavy (non-hydrogen) atoms. The van der Waals surface area contributed by atoms with Gasteiger partial charge in [-0.15, -0.1) is 0 Å². The predicted molar refractivity (Wildman–Crippen MR) is 75.3 cm³/mol. The van der Waals surface area contributed by atoms with Gasteiger partial charge in [-0.25, -0.2) is 4.98 Å². The minimum Gasteiger partial charge on any atom is -0.347 e. The van der Waals surface area contributed by atoms with Crippen LogP contribution in [0.1, 0.15) is 16.1 Å². The predicted octanol–water partition coefficient (Wildman–Crippen LogP) is -0.545. The molecule has 1 unspecified atom stereocenters. The van der Waals surface area contributed by atoms with Crippen LogP contribution in [0, 0.1) is 11.3 Å². The molecule has 2 rings (SSSR count). The number of nitriles is 1. The summed E-state index contributed by atoms with van der Waals surface area (Å²) < 4.78 is 0. The summed E-state index contributed by atoms with van der Waals surface area (Å²) in [6.45, 7) is 1.52. The number of nitrogens with one attached hydrogen (secondary N) is 1. The number of rotatable bonds is 2. The Morgan fingerprint density at radius 3 is 2.81 bits per heavy atom. The van der Waals surface area contributed by atoms with Gasteiger partial charge < -0.3 is 15.1 Å². The summed E-state index contributed by atoms with van der Waals surface area (Å²) in [5.74, 6) is -0.412. The molecule has 0 aliphatic carbocycles. The molecule has 1 saturated heterocycles. The highest BCUT2D eigenvalue weighted by Crippen LogP contribution is 2.11. The number of carbonyl (C=O) groups excluding carboxylic acids is 2. The fourth-order valence-corrected chi connectivity index (χ4v) is 2.20. The van der Waals surface area contributed by atoms with Gasteiger partial charge in [-0.05, 0) is 12.1 Å². The van der Waals surface area contributed by atoms with E-state index in [1.807, 2.05) is 6.07 Å². The third-order valence-corrected chi connectivity index (χ3v) is 3.34. The highest BCUT2D eigenvalue weighted by molar-refractivity contribution is 5.96. The van der Waals surface area contributed by atoms with Gasteiger partial charge in [-0.3, -0.25) is 9.59 Å². The minimum atomic E-state index is -0.529. The Hall–Kier alpha value is -2.46. The SMILES string of the molecule is CN(C)C(=O)C1CNCCN1C(=O)c1ccc(C#N)cn1. The first-order chi connectivity index (χ1) is 10.0. The van der Waals surface area contributed by atoms with E-state index in [0.717, 1.165) is 0 Å². The van der Waals surface area contributed by atoms with Crippen LogP contribution in [0.3, 0.4) is 0 Å². The quantitative estimate of drug-likeness (QED) is 0.788. The zero-order chi connectivity index (χ0) is 15.4. The van der Waals surface area contributed by atoms with Gasteiger partial charge in [0, 0.05) is 39.9 Å². The third kappa shape index (κ3) is 3.17. The van der Waals surface area contributed by atoms with Gasteiger partial charge in [0.25, 0.3) is 5.91 Å². The smallest absolute Gasteiger partial charge is 0.273 e. The Balaban J connectivity index is 2.22. The Morgan fingerprint density at radius 2 is 2.24 bits per heavy atom. The number of hydrogen-bond donors (Lipinski definition) is 1. The van der Waals surface area contributed by atoms with Crippen LogP contribution in [-0.2, 0) is 4.79 Å². The van der Waals surface area contributed by atoms with Crippen molar-refractivity contribution in [2.45, 2.75) is 6.04 Å². The zero-order valence-corrected chi connectivity index (χ0v) is 12.0. The summed E-state index contributed by atoms with van der Waals surface area (Å²) in [5, 5.41) is 11.9. The third-order valence-electron chi connectivity index (χ3n) is 3.34. The molecule has 2 heterocycles. The lowest BCUT2D eigenvalue weighted by atomic mass is 10.1. The van der Waals surface area contributed by atoms with E-state index in [-0.39, 0.29) is 17.5 Å². The van der Waals surface area contributed by atoms with Crippen LogP contribution in [0.15, 0.2) is 18.3 Å². The van der Waals surface area contributed by atoms with Crippen LogP contribution < -0.4 is 5.32 Å². The van der Waals surface area contributed by atoms with Crippen LogP contribution >= 0.6 is 0 Å². The second-order valence-corrected chi connectivity index (χ2v) is 5.00. The number of carbonyl (C=O) groups is 2. The van der Waals surface area contributed by atoms with Crippen LogP contribution in [0.4, 0.5) is 0 Å². The summed E-state index contributed by atoms with van der Waals surface area (Å²) in [6, 6.07) is 4.49. The topological polar surface area (TPSA) is 89.3 Å². The molecule has 0 bridgehead atoms. The van der Waals surface area contributed by atoms with Gasteiger partial charge >= 0.3 is 0 Å². The highest BCUT2D eigenvalue weighted by Gasteiger charge is 2.33. The Kier molecular flexibility index (Phi) is 4.50. The van der Waals surface area contributed by atoms with Crippen molar-refractivity contribution in [3.8, 4) is 6.07 Å². The molecule has 1 aromatic heterocycles. The maximum Gasteiger partial charge on any atom is 0.273 e. The molecule has 7 heteroatoms. The summed E-state index contributed by atoms with van der Waals surface area (Å²) in [6.07, 6.45) is 1.36. The van der Waals surface area contributed by atoms with E-state index in [9.17, 15) is 9.59 Å². The average molecular weight is 287 g/mol. The van der Waals surface area contributed by atoms with Gasteiger partial charge in [0.05, 0.1) is 5.56 Å². The Labute approximate surface area is 123 Å². The van der Waals surface area contributed by atoms with Crippen molar-refractivity contribution >= 4 is 11.8 Å². The van der Waals surface area contributed by atoms with Crippen molar-refractivity contribution in [3.05, 3.63) is 29.6 Å². The first kappa shape index (κ1) is 14.9. The fourth-order valence-electron chi connectivity index (χ4n) is 2.20. The van der Waals surface area contributed by atoms with E-state index in [1.54, 1.807) is 20.2 Å². The van der Waals surface area contributed by atoms with E-state index in [0.29, 0.717) is 25.2 Å². The molecule has 0 aromatic carbocycles. The van der Waals surface area contributed by atoms with Crippen molar-refractivity contribution in [2.75, 3.05) is 33.7 Å². The number of aromatic nitrogens is 1. The van der Waals surface area contributed by atoms with Crippen molar-refractivity contribution < 1.29 is 9.59 Å². The Morgan fingerprint density at radius 1 is 1.48 bits per heavy atom. The molecule has 1 N–H and O–H groups in total. The average Bonchev–Trinajstić information content (AvgIpc) is 2.53.